The van der Waals surface area contributed by atoms with Gasteiger partial charge in [0.1, 0.15) is 0 Å². The lowest BCUT2D eigenvalue weighted by atomic mass is 9.98. The third kappa shape index (κ3) is 2.54. The average molecular weight is 254 g/mol. The van der Waals surface area contributed by atoms with Crippen molar-refractivity contribution in [1.82, 2.24) is 10.2 Å². The Morgan fingerprint density at radius 3 is 2.67 bits per heavy atom. The number of hydrogen-bond donors (Lipinski definition) is 1. The van der Waals surface area contributed by atoms with Crippen molar-refractivity contribution in [2.75, 3.05) is 20.3 Å². The van der Waals surface area contributed by atoms with Crippen molar-refractivity contribution in [3.8, 4) is 0 Å². The smallest absolute Gasteiger partial charge is 0.244 e. The van der Waals surface area contributed by atoms with Gasteiger partial charge in [-0.15, -0.1) is 0 Å². The van der Waals surface area contributed by atoms with Crippen LogP contribution in [0, 0.1) is 5.92 Å². The standard InChI is InChI=1S/C14H26N2O2/c1-11(2)10-12-15-14(6-4-5-7-14)13(17)16(12)8-9-18-3/h11-12,15H,4-10H2,1-3H3. The molecule has 0 aromatic rings. The molecule has 0 aromatic heterocycles. The molecule has 2 fully saturated rings. The van der Waals surface area contributed by atoms with Crippen LogP contribution in [0.3, 0.4) is 0 Å². The zero-order valence-electron chi connectivity index (χ0n) is 11.9. The third-order valence-corrected chi connectivity index (χ3v) is 4.18. The minimum Gasteiger partial charge on any atom is -0.383 e. The third-order valence-electron chi connectivity index (χ3n) is 4.18. The summed E-state index contributed by atoms with van der Waals surface area (Å²) in [6.45, 7) is 5.75. The molecule has 0 radical (unpaired) electrons. The number of amides is 1. The molecular weight excluding hydrogens is 228 g/mol. The fraction of sp³-hybridized carbons (Fsp3) is 0.929. The number of ether oxygens (including phenoxy) is 1. The Morgan fingerprint density at radius 1 is 1.44 bits per heavy atom. The summed E-state index contributed by atoms with van der Waals surface area (Å²) in [4.78, 5) is 14.6. The molecule has 1 saturated heterocycles. The van der Waals surface area contributed by atoms with Gasteiger partial charge in [0, 0.05) is 13.7 Å². The van der Waals surface area contributed by atoms with E-state index in [4.69, 9.17) is 4.74 Å². The Hall–Kier alpha value is -0.610. The number of methoxy groups -OCH3 is 1. The maximum atomic E-state index is 12.6. The second kappa shape index (κ2) is 5.57. The Balaban J connectivity index is 2.09. The van der Waals surface area contributed by atoms with Crippen molar-refractivity contribution in [2.45, 2.75) is 57.7 Å². The SMILES string of the molecule is COCCN1C(=O)C2(CCCC2)NC1CC(C)C. The van der Waals surface area contributed by atoms with Gasteiger partial charge in [-0.2, -0.15) is 0 Å². The molecule has 2 aliphatic rings. The molecule has 1 heterocycles. The molecule has 1 amide bonds. The largest absolute Gasteiger partial charge is 0.383 e. The first-order chi connectivity index (χ1) is 8.59. The van der Waals surface area contributed by atoms with Crippen LogP contribution in [0.25, 0.3) is 0 Å². The minimum absolute atomic E-state index is 0.200. The van der Waals surface area contributed by atoms with Crippen LogP contribution in [0.5, 0.6) is 0 Å². The molecule has 4 nitrogen and oxygen atoms in total. The fourth-order valence-corrected chi connectivity index (χ4v) is 3.29. The summed E-state index contributed by atoms with van der Waals surface area (Å²) in [6.07, 6.45) is 5.58. The van der Waals surface area contributed by atoms with Gasteiger partial charge in [-0.1, -0.05) is 26.7 Å². The first kappa shape index (κ1) is 13.8. The first-order valence-corrected chi connectivity index (χ1v) is 7.17. The first-order valence-electron chi connectivity index (χ1n) is 7.17. The second-order valence-corrected chi connectivity index (χ2v) is 6.07. The number of nitrogens with zero attached hydrogens (tertiary/aromatic N) is 1. The summed E-state index contributed by atoms with van der Waals surface area (Å²) >= 11 is 0. The van der Waals surface area contributed by atoms with Crippen LogP contribution in [0.4, 0.5) is 0 Å². The number of hydrogen-bond acceptors (Lipinski definition) is 3. The maximum absolute atomic E-state index is 12.6. The molecule has 1 N–H and O–H groups in total. The molecule has 0 aromatic carbocycles. The van der Waals surface area contributed by atoms with Crippen molar-refractivity contribution in [3.63, 3.8) is 0 Å². The number of carbonyl (C=O) groups is 1. The lowest BCUT2D eigenvalue weighted by molar-refractivity contribution is -0.133. The van der Waals surface area contributed by atoms with Gasteiger partial charge in [0.15, 0.2) is 0 Å². The van der Waals surface area contributed by atoms with Crippen LogP contribution in [-0.4, -0.2) is 42.8 Å². The number of rotatable bonds is 5. The topological polar surface area (TPSA) is 41.6 Å². The van der Waals surface area contributed by atoms with E-state index in [9.17, 15) is 4.79 Å². The molecule has 2 rings (SSSR count). The molecule has 0 bridgehead atoms. The van der Waals surface area contributed by atoms with Crippen LogP contribution in [0.15, 0.2) is 0 Å². The van der Waals surface area contributed by atoms with E-state index in [1.807, 2.05) is 4.90 Å². The summed E-state index contributed by atoms with van der Waals surface area (Å²) in [7, 11) is 1.69. The fourth-order valence-electron chi connectivity index (χ4n) is 3.29. The Labute approximate surface area is 110 Å². The Kier molecular flexibility index (Phi) is 4.28. The normalized spacial score (nSPS) is 26.8. The van der Waals surface area contributed by atoms with E-state index in [2.05, 4.69) is 19.2 Å². The number of carbonyl (C=O) groups excluding carboxylic acids is 1. The zero-order chi connectivity index (χ0) is 13.2. The van der Waals surface area contributed by atoms with E-state index >= 15 is 0 Å². The van der Waals surface area contributed by atoms with Gasteiger partial charge in [0.25, 0.3) is 0 Å². The van der Waals surface area contributed by atoms with Gasteiger partial charge in [-0.05, 0) is 25.2 Å². The lowest BCUT2D eigenvalue weighted by Gasteiger charge is -2.25. The molecule has 104 valence electrons. The second-order valence-electron chi connectivity index (χ2n) is 6.07. The summed E-state index contributed by atoms with van der Waals surface area (Å²) in [5.74, 6) is 0.902. The van der Waals surface area contributed by atoms with Gasteiger partial charge >= 0.3 is 0 Å². The van der Waals surface area contributed by atoms with Crippen LogP contribution in [0.2, 0.25) is 0 Å². The van der Waals surface area contributed by atoms with Gasteiger partial charge in [0.2, 0.25) is 5.91 Å². The quantitative estimate of drug-likeness (QED) is 0.812. The molecule has 1 spiro atoms. The van der Waals surface area contributed by atoms with Gasteiger partial charge < -0.3 is 9.64 Å². The van der Waals surface area contributed by atoms with E-state index in [1.165, 1.54) is 12.8 Å². The summed E-state index contributed by atoms with van der Waals surface area (Å²) in [6, 6.07) is 0. The van der Waals surface area contributed by atoms with E-state index < -0.39 is 0 Å². The van der Waals surface area contributed by atoms with Crippen LogP contribution in [-0.2, 0) is 9.53 Å². The summed E-state index contributed by atoms with van der Waals surface area (Å²) in [5.41, 5.74) is -0.243. The Morgan fingerprint density at radius 2 is 2.11 bits per heavy atom. The van der Waals surface area contributed by atoms with Gasteiger partial charge in [0.05, 0.1) is 18.3 Å². The van der Waals surface area contributed by atoms with Gasteiger partial charge in [-0.3, -0.25) is 10.1 Å². The summed E-state index contributed by atoms with van der Waals surface area (Å²) < 4.78 is 5.13. The molecular formula is C14H26N2O2. The minimum atomic E-state index is -0.243. The highest BCUT2D eigenvalue weighted by Gasteiger charge is 2.51. The van der Waals surface area contributed by atoms with Crippen molar-refractivity contribution in [2.24, 2.45) is 5.92 Å². The molecule has 1 atom stereocenters. The predicted molar refractivity (Wildman–Crippen MR) is 71.2 cm³/mol. The van der Waals surface area contributed by atoms with Crippen LogP contribution < -0.4 is 5.32 Å². The van der Waals surface area contributed by atoms with Crippen LogP contribution in [0.1, 0.15) is 46.0 Å². The molecule has 1 unspecified atom stereocenters. The van der Waals surface area contributed by atoms with Crippen molar-refractivity contribution in [1.29, 1.82) is 0 Å². The van der Waals surface area contributed by atoms with Gasteiger partial charge in [-0.25, -0.2) is 0 Å². The predicted octanol–water partition coefficient (Wildman–Crippen LogP) is 1.75. The lowest BCUT2D eigenvalue weighted by Crippen LogP contribution is -2.44. The van der Waals surface area contributed by atoms with E-state index in [-0.39, 0.29) is 11.7 Å². The monoisotopic (exact) mass is 254 g/mol. The molecule has 18 heavy (non-hydrogen) atoms. The van der Waals surface area contributed by atoms with Crippen molar-refractivity contribution >= 4 is 5.91 Å². The average Bonchev–Trinajstić information content (AvgIpc) is 2.86. The molecule has 1 aliphatic carbocycles. The van der Waals surface area contributed by atoms with Crippen LogP contribution >= 0.6 is 0 Å². The van der Waals surface area contributed by atoms with E-state index in [1.54, 1.807) is 7.11 Å². The van der Waals surface area contributed by atoms with E-state index in [0.29, 0.717) is 25.0 Å². The molecule has 1 saturated carbocycles. The zero-order valence-corrected chi connectivity index (χ0v) is 11.9. The highest BCUT2D eigenvalue weighted by Crippen LogP contribution is 2.37. The van der Waals surface area contributed by atoms with E-state index in [0.717, 1.165) is 19.3 Å². The Bertz CT molecular complexity index is 298. The highest BCUT2D eigenvalue weighted by molar-refractivity contribution is 5.89. The molecule has 1 aliphatic heterocycles. The molecule has 4 heteroatoms. The number of nitrogens with one attached hydrogen (secondary N) is 1. The summed E-state index contributed by atoms with van der Waals surface area (Å²) in [5, 5.41) is 3.63. The maximum Gasteiger partial charge on any atom is 0.244 e. The highest BCUT2D eigenvalue weighted by atomic mass is 16.5. The van der Waals surface area contributed by atoms with Crippen molar-refractivity contribution < 1.29 is 9.53 Å². The van der Waals surface area contributed by atoms with Crippen molar-refractivity contribution in [3.05, 3.63) is 0 Å².